The Morgan fingerprint density at radius 2 is 0.590 bits per heavy atom. The largest absolute Gasteiger partial charge is 0.466 e. The normalized spacial score (nSPS) is 12.5. The van der Waals surface area contributed by atoms with Gasteiger partial charge in [-0.05, 0) is 32.1 Å². The number of carbonyl (C=O) groups excluding carboxylic acids is 2. The van der Waals surface area contributed by atoms with E-state index < -0.39 is 12.1 Å². The number of rotatable bonds is 68. The van der Waals surface area contributed by atoms with Crippen molar-refractivity contribution in [1.82, 2.24) is 5.32 Å². The Morgan fingerprint density at radius 3 is 0.872 bits per heavy atom. The van der Waals surface area contributed by atoms with Crippen LogP contribution in [-0.4, -0.2) is 47.4 Å². The maximum atomic E-state index is 12.5. The molecule has 0 aliphatic heterocycles. The van der Waals surface area contributed by atoms with Crippen LogP contribution in [0.3, 0.4) is 0 Å². The lowest BCUT2D eigenvalue weighted by atomic mass is 10.0. The van der Waals surface area contributed by atoms with Crippen molar-refractivity contribution in [2.75, 3.05) is 13.2 Å². The fraction of sp³-hybridized carbons (Fsp3) is 0.944. The van der Waals surface area contributed by atoms with E-state index in [9.17, 15) is 19.8 Å². The number of esters is 1. The molecule has 6 heteroatoms. The molecule has 0 saturated carbocycles. The predicted molar refractivity (Wildman–Crippen MR) is 343 cm³/mol. The van der Waals surface area contributed by atoms with Crippen LogP contribution < -0.4 is 5.32 Å². The Morgan fingerprint density at radius 1 is 0.346 bits per heavy atom. The molecule has 0 heterocycles. The smallest absolute Gasteiger partial charge is 0.305 e. The van der Waals surface area contributed by atoms with E-state index in [1.165, 1.54) is 347 Å². The number of unbranched alkanes of at least 4 members (excludes halogenated alkanes) is 57. The summed E-state index contributed by atoms with van der Waals surface area (Å²) in [7, 11) is 0. The van der Waals surface area contributed by atoms with Gasteiger partial charge in [-0.1, -0.05) is 379 Å². The molecule has 0 aliphatic rings. The monoisotopic (exact) mass is 1100 g/mol. The number of hydrogen-bond donors (Lipinski definition) is 3. The first-order chi connectivity index (χ1) is 38.5. The van der Waals surface area contributed by atoms with Gasteiger partial charge in [-0.3, -0.25) is 9.59 Å². The first-order valence-corrected chi connectivity index (χ1v) is 36.0. The first kappa shape index (κ1) is 76.6. The summed E-state index contributed by atoms with van der Waals surface area (Å²) in [6.07, 6.45) is 84.5. The molecule has 0 aliphatic carbocycles. The minimum absolute atomic E-state index is 0.0255. The van der Waals surface area contributed by atoms with Gasteiger partial charge >= 0.3 is 5.97 Å². The first-order valence-electron chi connectivity index (χ1n) is 36.0. The zero-order chi connectivity index (χ0) is 56.4. The van der Waals surface area contributed by atoms with E-state index in [2.05, 4.69) is 19.2 Å². The zero-order valence-corrected chi connectivity index (χ0v) is 53.2. The van der Waals surface area contributed by atoms with Crippen molar-refractivity contribution < 1.29 is 24.5 Å². The van der Waals surface area contributed by atoms with Gasteiger partial charge in [0.2, 0.25) is 5.91 Å². The zero-order valence-electron chi connectivity index (χ0n) is 53.2. The molecule has 0 aromatic rings. The van der Waals surface area contributed by atoms with Gasteiger partial charge < -0.3 is 20.3 Å². The maximum Gasteiger partial charge on any atom is 0.305 e. The number of aliphatic hydroxyl groups is 2. The van der Waals surface area contributed by atoms with Gasteiger partial charge in [0.05, 0.1) is 25.4 Å². The molecule has 2 unspecified atom stereocenters. The predicted octanol–water partition coefficient (Wildman–Crippen LogP) is 23.1. The van der Waals surface area contributed by atoms with E-state index in [0.717, 1.165) is 38.5 Å². The van der Waals surface area contributed by atoms with Crippen molar-refractivity contribution in [3.8, 4) is 0 Å². The van der Waals surface area contributed by atoms with Gasteiger partial charge in [0.1, 0.15) is 0 Å². The Hall–Kier alpha value is -1.40. The van der Waals surface area contributed by atoms with Gasteiger partial charge in [0.25, 0.3) is 0 Å². The van der Waals surface area contributed by atoms with Crippen LogP contribution in [0.4, 0.5) is 0 Å². The van der Waals surface area contributed by atoms with E-state index in [0.29, 0.717) is 19.4 Å². The third-order valence-electron chi connectivity index (χ3n) is 17.1. The average Bonchev–Trinajstić information content (AvgIpc) is 3.44. The highest BCUT2D eigenvalue weighted by molar-refractivity contribution is 5.76. The second-order valence-electron chi connectivity index (χ2n) is 24.9. The van der Waals surface area contributed by atoms with Crippen LogP contribution in [0.2, 0.25) is 0 Å². The number of carbonyl (C=O) groups is 2. The molecule has 0 fully saturated rings. The molecule has 1 amide bonds. The van der Waals surface area contributed by atoms with Crippen LogP contribution in [0.25, 0.3) is 0 Å². The summed E-state index contributed by atoms with van der Waals surface area (Å²) < 4.78 is 5.52. The van der Waals surface area contributed by atoms with E-state index in [4.69, 9.17) is 4.74 Å². The summed E-state index contributed by atoms with van der Waals surface area (Å²) in [6, 6.07) is -0.623. The summed E-state index contributed by atoms with van der Waals surface area (Å²) in [5, 5.41) is 23.1. The third kappa shape index (κ3) is 63.8. The van der Waals surface area contributed by atoms with Crippen molar-refractivity contribution in [2.24, 2.45) is 0 Å². The number of allylic oxidation sites excluding steroid dienone is 1. The number of amides is 1. The summed E-state index contributed by atoms with van der Waals surface area (Å²) in [5.74, 6) is -0.0370. The van der Waals surface area contributed by atoms with Gasteiger partial charge in [-0.15, -0.1) is 0 Å². The minimum Gasteiger partial charge on any atom is -0.466 e. The van der Waals surface area contributed by atoms with Gasteiger partial charge in [-0.25, -0.2) is 0 Å². The molecule has 0 aromatic heterocycles. The molecule has 3 N–H and O–H groups in total. The van der Waals surface area contributed by atoms with Crippen molar-refractivity contribution in [1.29, 1.82) is 0 Å². The summed E-state index contributed by atoms with van der Waals surface area (Å²) in [4.78, 5) is 24.6. The molecule has 0 bridgehead atoms. The number of nitrogens with one attached hydrogen (secondary N) is 1. The van der Waals surface area contributed by atoms with Crippen LogP contribution in [0.15, 0.2) is 12.2 Å². The Balaban J connectivity index is 3.30. The highest BCUT2D eigenvalue weighted by Gasteiger charge is 2.18. The SMILES string of the molecule is CCCCCCCCCCCC/C=C/C(O)C(CO)NC(=O)CCCCCCCCCCCCCCCCCCCCCCCCCCCCCCCCOC(=O)CCCCCCCCCCCCCCCCCCCCC. The summed E-state index contributed by atoms with van der Waals surface area (Å²) in [5.41, 5.74) is 0. The fourth-order valence-corrected chi connectivity index (χ4v) is 11.6. The lowest BCUT2D eigenvalue weighted by Gasteiger charge is -2.20. The minimum atomic E-state index is -0.840. The van der Waals surface area contributed by atoms with Gasteiger partial charge in [0.15, 0.2) is 0 Å². The van der Waals surface area contributed by atoms with E-state index in [1.54, 1.807) is 6.08 Å². The number of hydrogen-bond acceptors (Lipinski definition) is 5. The van der Waals surface area contributed by atoms with Crippen LogP contribution in [0, 0.1) is 0 Å². The molecule has 0 radical (unpaired) electrons. The van der Waals surface area contributed by atoms with Crippen LogP contribution in [-0.2, 0) is 14.3 Å². The summed E-state index contributed by atoms with van der Waals surface area (Å²) >= 11 is 0. The highest BCUT2D eigenvalue weighted by Crippen LogP contribution is 2.19. The molecular formula is C72H141NO5. The molecule has 2 atom stereocenters. The van der Waals surface area contributed by atoms with Crippen molar-refractivity contribution in [3.05, 3.63) is 12.2 Å². The van der Waals surface area contributed by atoms with Crippen molar-refractivity contribution >= 4 is 11.9 Å². The molecule has 0 saturated heterocycles. The van der Waals surface area contributed by atoms with Crippen molar-refractivity contribution in [3.63, 3.8) is 0 Å². The van der Waals surface area contributed by atoms with E-state index in [1.807, 2.05) is 6.08 Å². The molecule has 6 nitrogen and oxygen atoms in total. The van der Waals surface area contributed by atoms with Crippen molar-refractivity contribution in [2.45, 2.75) is 424 Å². The number of ether oxygens (including phenoxy) is 1. The second kappa shape index (κ2) is 68.1. The molecule has 464 valence electrons. The molecular weight excluding hydrogens is 959 g/mol. The van der Waals surface area contributed by atoms with Gasteiger partial charge in [-0.2, -0.15) is 0 Å². The Bertz CT molecular complexity index is 1180. The average molecular weight is 1100 g/mol. The molecule has 0 aromatic carbocycles. The Kier molecular flexibility index (Phi) is 66.9. The number of aliphatic hydroxyl groups excluding tert-OH is 2. The fourth-order valence-electron chi connectivity index (χ4n) is 11.6. The van der Waals surface area contributed by atoms with Crippen LogP contribution in [0.1, 0.15) is 412 Å². The lowest BCUT2D eigenvalue weighted by Crippen LogP contribution is -2.45. The van der Waals surface area contributed by atoms with Gasteiger partial charge in [0, 0.05) is 12.8 Å². The standard InChI is InChI=1S/C72H141NO5/c1-3-5-7-9-11-13-15-17-18-19-32-36-39-42-46-50-54-58-62-66-72(77)78-67-63-59-55-51-47-43-40-37-34-31-29-27-25-23-21-20-22-24-26-28-30-33-35-38-41-45-49-53-57-61-65-71(76)73-69(68-74)70(75)64-60-56-52-48-44-16-14-12-10-8-6-4-2/h60,64,69-70,74-75H,3-59,61-63,65-68H2,1-2H3,(H,73,76)/b64-60+. The van der Waals surface area contributed by atoms with Crippen LogP contribution >= 0.6 is 0 Å². The van der Waals surface area contributed by atoms with E-state index >= 15 is 0 Å². The van der Waals surface area contributed by atoms with Crippen LogP contribution in [0.5, 0.6) is 0 Å². The second-order valence-corrected chi connectivity index (χ2v) is 24.9. The molecule has 78 heavy (non-hydrogen) atoms. The third-order valence-corrected chi connectivity index (χ3v) is 17.1. The lowest BCUT2D eigenvalue weighted by molar-refractivity contribution is -0.143. The maximum absolute atomic E-state index is 12.5. The Labute approximate surface area is 489 Å². The van der Waals surface area contributed by atoms with E-state index in [-0.39, 0.29) is 18.5 Å². The highest BCUT2D eigenvalue weighted by atomic mass is 16.5. The summed E-state index contributed by atoms with van der Waals surface area (Å²) in [6.45, 7) is 4.94. The molecule has 0 spiro atoms. The molecule has 0 rings (SSSR count). The quantitative estimate of drug-likeness (QED) is 0.0320. The topological polar surface area (TPSA) is 95.9 Å².